The molecule has 0 spiro atoms. The Kier molecular flexibility index (Phi) is 3.97. The highest BCUT2D eigenvalue weighted by Gasteiger charge is 2.42. The zero-order chi connectivity index (χ0) is 13.2. The highest BCUT2D eigenvalue weighted by atomic mass is 16.5. The fraction of sp³-hybridized carbons (Fsp3) is 0.929. The van der Waals surface area contributed by atoms with Gasteiger partial charge in [-0.15, -0.1) is 0 Å². The van der Waals surface area contributed by atoms with E-state index >= 15 is 0 Å². The van der Waals surface area contributed by atoms with Crippen LogP contribution in [0.1, 0.15) is 39.5 Å². The molecule has 2 aliphatic heterocycles. The lowest BCUT2D eigenvalue weighted by atomic mass is 9.77. The molecule has 104 valence electrons. The number of ether oxygens (including phenoxy) is 1. The van der Waals surface area contributed by atoms with Crippen LogP contribution in [0.2, 0.25) is 0 Å². The quantitative estimate of drug-likeness (QED) is 0.810. The largest absolute Gasteiger partial charge is 0.381 e. The van der Waals surface area contributed by atoms with Gasteiger partial charge in [-0.3, -0.25) is 4.79 Å². The summed E-state index contributed by atoms with van der Waals surface area (Å²) in [4.78, 5) is 14.7. The maximum atomic E-state index is 12.7. The minimum atomic E-state index is -0.347. The first-order chi connectivity index (χ1) is 8.49. The van der Waals surface area contributed by atoms with Crippen molar-refractivity contribution in [3.63, 3.8) is 0 Å². The molecule has 0 aliphatic carbocycles. The van der Waals surface area contributed by atoms with Crippen molar-refractivity contribution in [2.45, 2.75) is 39.5 Å². The molecule has 1 amide bonds. The third kappa shape index (κ3) is 2.69. The van der Waals surface area contributed by atoms with Crippen LogP contribution in [0.3, 0.4) is 0 Å². The Balaban J connectivity index is 2.01. The Morgan fingerprint density at radius 3 is 2.22 bits per heavy atom. The number of nitrogens with zero attached hydrogens (tertiary/aromatic N) is 1. The second-order valence-corrected chi connectivity index (χ2v) is 6.55. The van der Waals surface area contributed by atoms with Gasteiger partial charge in [0.15, 0.2) is 0 Å². The van der Waals surface area contributed by atoms with E-state index in [4.69, 9.17) is 10.5 Å². The van der Waals surface area contributed by atoms with Gasteiger partial charge in [0.05, 0.1) is 5.41 Å². The molecule has 0 atom stereocenters. The predicted octanol–water partition coefficient (Wildman–Crippen LogP) is 1.39. The number of piperidine rings is 1. The maximum Gasteiger partial charge on any atom is 0.230 e. The second-order valence-electron chi connectivity index (χ2n) is 6.55. The number of nitrogens with two attached hydrogens (primary N) is 1. The van der Waals surface area contributed by atoms with Crippen molar-refractivity contribution in [3.05, 3.63) is 0 Å². The zero-order valence-corrected chi connectivity index (χ0v) is 11.7. The predicted molar refractivity (Wildman–Crippen MR) is 71.1 cm³/mol. The monoisotopic (exact) mass is 254 g/mol. The molecular formula is C14H26N2O2. The van der Waals surface area contributed by atoms with E-state index in [9.17, 15) is 4.79 Å². The van der Waals surface area contributed by atoms with Gasteiger partial charge in [-0.2, -0.15) is 0 Å². The first kappa shape index (κ1) is 13.8. The molecule has 2 aliphatic rings. The van der Waals surface area contributed by atoms with E-state index in [2.05, 4.69) is 13.8 Å². The van der Waals surface area contributed by atoms with Crippen LogP contribution in [-0.4, -0.2) is 43.7 Å². The van der Waals surface area contributed by atoms with E-state index in [1.165, 1.54) is 0 Å². The van der Waals surface area contributed by atoms with E-state index < -0.39 is 0 Å². The van der Waals surface area contributed by atoms with Crippen LogP contribution in [0.25, 0.3) is 0 Å². The van der Waals surface area contributed by atoms with E-state index in [-0.39, 0.29) is 11.3 Å². The first-order valence-corrected chi connectivity index (χ1v) is 7.06. The van der Waals surface area contributed by atoms with Gasteiger partial charge in [-0.25, -0.2) is 0 Å². The minimum absolute atomic E-state index is 0.267. The Morgan fingerprint density at radius 1 is 1.17 bits per heavy atom. The van der Waals surface area contributed by atoms with Gasteiger partial charge in [0.2, 0.25) is 5.91 Å². The van der Waals surface area contributed by atoms with Gasteiger partial charge in [-0.05, 0) is 31.1 Å². The number of carbonyl (C=O) groups is 1. The lowest BCUT2D eigenvalue weighted by Crippen LogP contribution is -2.53. The molecular weight excluding hydrogens is 228 g/mol. The summed E-state index contributed by atoms with van der Waals surface area (Å²) in [6.45, 7) is 8.12. The number of carbonyl (C=O) groups excluding carboxylic acids is 1. The van der Waals surface area contributed by atoms with Crippen LogP contribution in [-0.2, 0) is 9.53 Å². The second kappa shape index (κ2) is 5.17. The van der Waals surface area contributed by atoms with Crippen molar-refractivity contribution < 1.29 is 9.53 Å². The summed E-state index contributed by atoms with van der Waals surface area (Å²) in [7, 11) is 0. The topological polar surface area (TPSA) is 55.6 Å². The molecule has 0 aromatic carbocycles. The fourth-order valence-electron chi connectivity index (χ4n) is 2.92. The molecule has 4 nitrogen and oxygen atoms in total. The molecule has 2 N–H and O–H groups in total. The van der Waals surface area contributed by atoms with E-state index in [1.807, 2.05) is 4.90 Å². The van der Waals surface area contributed by atoms with Gasteiger partial charge in [0.25, 0.3) is 0 Å². The molecule has 18 heavy (non-hydrogen) atoms. The molecule has 2 heterocycles. The van der Waals surface area contributed by atoms with Gasteiger partial charge in [0.1, 0.15) is 0 Å². The van der Waals surface area contributed by atoms with Crippen LogP contribution >= 0.6 is 0 Å². The standard InChI is InChI=1S/C14H26N2O2/c1-13(2)3-7-16(8-4-13)12(17)14(11-15)5-9-18-10-6-14/h3-11,15H2,1-2H3. The van der Waals surface area contributed by atoms with Crippen LogP contribution in [0, 0.1) is 10.8 Å². The first-order valence-electron chi connectivity index (χ1n) is 7.06. The summed E-state index contributed by atoms with van der Waals surface area (Å²) >= 11 is 0. The highest BCUT2D eigenvalue weighted by molar-refractivity contribution is 5.83. The molecule has 0 aromatic rings. The lowest BCUT2D eigenvalue weighted by Gasteiger charge is -2.43. The molecule has 4 heteroatoms. The molecule has 0 bridgehead atoms. The Hall–Kier alpha value is -0.610. The lowest BCUT2D eigenvalue weighted by molar-refractivity contribution is -0.149. The summed E-state index contributed by atoms with van der Waals surface area (Å²) in [6, 6.07) is 0. The summed E-state index contributed by atoms with van der Waals surface area (Å²) in [5.41, 5.74) is 5.93. The smallest absolute Gasteiger partial charge is 0.230 e. The molecule has 0 aromatic heterocycles. The molecule has 2 fully saturated rings. The fourth-order valence-corrected chi connectivity index (χ4v) is 2.92. The van der Waals surface area contributed by atoms with Crippen LogP contribution < -0.4 is 5.73 Å². The van der Waals surface area contributed by atoms with Gasteiger partial charge < -0.3 is 15.4 Å². The van der Waals surface area contributed by atoms with E-state index in [1.54, 1.807) is 0 Å². The third-order valence-corrected chi connectivity index (χ3v) is 4.70. The van der Waals surface area contributed by atoms with Gasteiger partial charge in [0, 0.05) is 32.8 Å². The van der Waals surface area contributed by atoms with Crippen molar-refractivity contribution in [1.29, 1.82) is 0 Å². The summed E-state index contributed by atoms with van der Waals surface area (Å²) < 4.78 is 5.37. The van der Waals surface area contributed by atoms with Crippen molar-refractivity contribution in [2.75, 3.05) is 32.8 Å². The number of likely N-dealkylation sites (tertiary alicyclic amines) is 1. The Bertz CT molecular complexity index is 299. The molecule has 2 saturated heterocycles. The van der Waals surface area contributed by atoms with Crippen molar-refractivity contribution in [1.82, 2.24) is 4.90 Å². The van der Waals surface area contributed by atoms with Crippen molar-refractivity contribution in [2.24, 2.45) is 16.6 Å². The summed E-state index contributed by atoms with van der Waals surface area (Å²) in [6.07, 6.45) is 3.75. The number of hydrogen-bond acceptors (Lipinski definition) is 3. The van der Waals surface area contributed by atoms with E-state index in [0.717, 1.165) is 38.8 Å². The maximum absolute atomic E-state index is 12.7. The zero-order valence-electron chi connectivity index (χ0n) is 11.7. The summed E-state index contributed by atoms with van der Waals surface area (Å²) in [5.74, 6) is 0.267. The van der Waals surface area contributed by atoms with Crippen LogP contribution in [0.5, 0.6) is 0 Å². The van der Waals surface area contributed by atoms with Crippen LogP contribution in [0.4, 0.5) is 0 Å². The number of amides is 1. The van der Waals surface area contributed by atoms with Gasteiger partial charge >= 0.3 is 0 Å². The average Bonchev–Trinajstić information content (AvgIpc) is 2.39. The summed E-state index contributed by atoms with van der Waals surface area (Å²) in [5, 5.41) is 0. The normalized spacial score (nSPS) is 26.9. The number of rotatable bonds is 2. The van der Waals surface area contributed by atoms with E-state index in [0.29, 0.717) is 25.2 Å². The SMILES string of the molecule is CC1(C)CCN(C(=O)C2(CN)CCOCC2)CC1. The third-order valence-electron chi connectivity index (χ3n) is 4.70. The Labute approximate surface area is 110 Å². The molecule has 0 radical (unpaired) electrons. The minimum Gasteiger partial charge on any atom is -0.381 e. The average molecular weight is 254 g/mol. The molecule has 0 unspecified atom stereocenters. The number of hydrogen-bond donors (Lipinski definition) is 1. The Morgan fingerprint density at radius 2 is 1.72 bits per heavy atom. The highest BCUT2D eigenvalue weighted by Crippen LogP contribution is 2.35. The van der Waals surface area contributed by atoms with Crippen LogP contribution in [0.15, 0.2) is 0 Å². The van der Waals surface area contributed by atoms with Gasteiger partial charge in [-0.1, -0.05) is 13.8 Å². The van der Waals surface area contributed by atoms with Crippen molar-refractivity contribution >= 4 is 5.91 Å². The van der Waals surface area contributed by atoms with Crippen molar-refractivity contribution in [3.8, 4) is 0 Å². The molecule has 2 rings (SSSR count). The molecule has 0 saturated carbocycles.